The van der Waals surface area contributed by atoms with E-state index in [1.165, 1.54) is 5.56 Å². The van der Waals surface area contributed by atoms with Gasteiger partial charge >= 0.3 is 0 Å². The lowest BCUT2D eigenvalue weighted by Crippen LogP contribution is -1.91. The van der Waals surface area contributed by atoms with Crippen LogP contribution in [0.3, 0.4) is 0 Å². The number of hydrogen-bond donors (Lipinski definition) is 0. The van der Waals surface area contributed by atoms with Gasteiger partial charge in [0.1, 0.15) is 0 Å². The Kier molecular flexibility index (Phi) is 4.49. The van der Waals surface area contributed by atoms with E-state index < -0.39 is 0 Å². The van der Waals surface area contributed by atoms with Crippen LogP contribution in [0.1, 0.15) is 34.5 Å². The summed E-state index contributed by atoms with van der Waals surface area (Å²) in [6.45, 7) is 2.15. The van der Waals surface area contributed by atoms with E-state index >= 15 is 0 Å². The van der Waals surface area contributed by atoms with E-state index in [0.29, 0.717) is 6.42 Å². The molecule has 3 heteroatoms. The van der Waals surface area contributed by atoms with Crippen LogP contribution in [-0.4, -0.2) is 4.98 Å². The molecular weight excluding hydrogens is 240 g/mol. The topological polar surface area (TPSA) is 36.7 Å². The molecule has 0 atom stereocenters. The number of hydrogen-bond acceptors (Lipinski definition) is 3. The fraction of sp³-hybridized carbons (Fsp3) is 0.333. The Labute approximate surface area is 112 Å². The Morgan fingerprint density at radius 2 is 2.06 bits per heavy atom. The van der Waals surface area contributed by atoms with Crippen molar-refractivity contribution in [1.29, 1.82) is 5.26 Å². The monoisotopic (exact) mass is 256 g/mol. The second-order valence-electron chi connectivity index (χ2n) is 4.22. The van der Waals surface area contributed by atoms with Gasteiger partial charge in [-0.3, -0.25) is 0 Å². The lowest BCUT2D eigenvalue weighted by molar-refractivity contribution is 0.872. The number of aryl methyl sites for hydroxylation is 1. The number of rotatable bonds is 5. The minimum atomic E-state index is 0.488. The summed E-state index contributed by atoms with van der Waals surface area (Å²) < 4.78 is 0. The lowest BCUT2D eigenvalue weighted by atomic mass is 10.1. The van der Waals surface area contributed by atoms with Gasteiger partial charge in [-0.25, -0.2) is 4.98 Å². The summed E-state index contributed by atoms with van der Waals surface area (Å²) in [7, 11) is 0. The first kappa shape index (κ1) is 12.8. The van der Waals surface area contributed by atoms with E-state index in [0.717, 1.165) is 34.8 Å². The van der Waals surface area contributed by atoms with Gasteiger partial charge in [0.15, 0.2) is 0 Å². The van der Waals surface area contributed by atoms with Crippen molar-refractivity contribution in [2.75, 3.05) is 0 Å². The van der Waals surface area contributed by atoms with Crippen LogP contribution in [0.15, 0.2) is 30.3 Å². The van der Waals surface area contributed by atoms with Gasteiger partial charge in [-0.05, 0) is 12.0 Å². The molecule has 2 rings (SSSR count). The molecular formula is C15H16N2S. The van der Waals surface area contributed by atoms with E-state index in [9.17, 15) is 0 Å². The molecule has 0 N–H and O–H groups in total. The van der Waals surface area contributed by atoms with Crippen molar-refractivity contribution < 1.29 is 0 Å². The fourth-order valence-electron chi connectivity index (χ4n) is 1.92. The zero-order valence-electron chi connectivity index (χ0n) is 10.5. The standard InChI is InChI=1S/C15H16N2S/c1-2-6-13-14(9-10-16)18-15(17-13)11-12-7-4-3-5-8-12/h3-5,7-8H,2,6,9,11H2,1H3. The zero-order chi connectivity index (χ0) is 12.8. The maximum Gasteiger partial charge on any atom is 0.0975 e. The van der Waals surface area contributed by atoms with E-state index in [2.05, 4.69) is 30.1 Å². The molecule has 0 saturated carbocycles. The van der Waals surface area contributed by atoms with E-state index in [-0.39, 0.29) is 0 Å². The maximum atomic E-state index is 8.84. The molecule has 2 aromatic rings. The molecule has 0 aliphatic rings. The van der Waals surface area contributed by atoms with Crippen LogP contribution < -0.4 is 0 Å². The summed E-state index contributed by atoms with van der Waals surface area (Å²) in [4.78, 5) is 5.83. The van der Waals surface area contributed by atoms with Crippen molar-refractivity contribution in [3.05, 3.63) is 51.5 Å². The van der Waals surface area contributed by atoms with Gasteiger partial charge in [0.2, 0.25) is 0 Å². The first-order chi connectivity index (χ1) is 8.83. The maximum absolute atomic E-state index is 8.84. The molecule has 92 valence electrons. The quantitative estimate of drug-likeness (QED) is 0.817. The third-order valence-corrected chi connectivity index (χ3v) is 3.84. The van der Waals surface area contributed by atoms with Crippen molar-refractivity contribution in [3.63, 3.8) is 0 Å². The van der Waals surface area contributed by atoms with Crippen molar-refractivity contribution in [1.82, 2.24) is 4.98 Å². The Hall–Kier alpha value is -1.66. The van der Waals surface area contributed by atoms with Crippen molar-refractivity contribution in [2.24, 2.45) is 0 Å². The number of thiazole rings is 1. The molecule has 0 amide bonds. The molecule has 0 saturated heterocycles. The number of nitriles is 1. The van der Waals surface area contributed by atoms with Crippen LogP contribution in [-0.2, 0) is 19.3 Å². The molecule has 0 unspecified atom stereocenters. The van der Waals surface area contributed by atoms with Crippen LogP contribution >= 0.6 is 11.3 Å². The predicted molar refractivity (Wildman–Crippen MR) is 74.7 cm³/mol. The molecule has 0 spiro atoms. The summed E-state index contributed by atoms with van der Waals surface area (Å²) >= 11 is 1.69. The lowest BCUT2D eigenvalue weighted by Gasteiger charge is -1.96. The molecule has 2 nitrogen and oxygen atoms in total. The van der Waals surface area contributed by atoms with Crippen molar-refractivity contribution in [2.45, 2.75) is 32.6 Å². The van der Waals surface area contributed by atoms with E-state index in [1.807, 2.05) is 18.2 Å². The third-order valence-electron chi connectivity index (χ3n) is 2.75. The van der Waals surface area contributed by atoms with Gasteiger partial charge in [0.05, 0.1) is 23.2 Å². The second-order valence-corrected chi connectivity index (χ2v) is 5.39. The van der Waals surface area contributed by atoms with Crippen LogP contribution in [0.4, 0.5) is 0 Å². The van der Waals surface area contributed by atoms with Gasteiger partial charge in [0.25, 0.3) is 0 Å². The normalized spacial score (nSPS) is 10.2. The molecule has 0 fully saturated rings. The van der Waals surface area contributed by atoms with Crippen molar-refractivity contribution in [3.8, 4) is 6.07 Å². The van der Waals surface area contributed by atoms with Crippen LogP contribution in [0.2, 0.25) is 0 Å². The average Bonchev–Trinajstić information content (AvgIpc) is 2.74. The largest absolute Gasteiger partial charge is 0.246 e. The molecule has 1 aromatic heterocycles. The van der Waals surface area contributed by atoms with Gasteiger partial charge in [-0.15, -0.1) is 11.3 Å². The number of nitrogens with zero attached hydrogens (tertiary/aromatic N) is 2. The Morgan fingerprint density at radius 3 is 2.72 bits per heavy atom. The Balaban J connectivity index is 2.19. The van der Waals surface area contributed by atoms with E-state index in [1.54, 1.807) is 11.3 Å². The SMILES string of the molecule is CCCc1nc(Cc2ccccc2)sc1CC#N. The third kappa shape index (κ3) is 3.18. The van der Waals surface area contributed by atoms with Crippen LogP contribution in [0.25, 0.3) is 0 Å². The summed E-state index contributed by atoms with van der Waals surface area (Å²) in [5, 5.41) is 9.96. The van der Waals surface area contributed by atoms with Crippen LogP contribution in [0, 0.1) is 11.3 Å². The summed E-state index contributed by atoms with van der Waals surface area (Å²) in [5.41, 5.74) is 2.40. The molecule has 0 aliphatic carbocycles. The van der Waals surface area contributed by atoms with Gasteiger partial charge in [0, 0.05) is 11.3 Å². The van der Waals surface area contributed by atoms with E-state index in [4.69, 9.17) is 5.26 Å². The van der Waals surface area contributed by atoms with Gasteiger partial charge < -0.3 is 0 Å². The molecule has 0 radical (unpaired) electrons. The van der Waals surface area contributed by atoms with Crippen molar-refractivity contribution >= 4 is 11.3 Å². The fourth-order valence-corrected chi connectivity index (χ4v) is 3.01. The summed E-state index contributed by atoms with van der Waals surface area (Å²) in [5.74, 6) is 0. The minimum absolute atomic E-state index is 0.488. The highest BCUT2D eigenvalue weighted by Crippen LogP contribution is 2.22. The Bertz CT molecular complexity index is 537. The number of benzene rings is 1. The molecule has 1 heterocycles. The Morgan fingerprint density at radius 1 is 1.28 bits per heavy atom. The highest BCUT2D eigenvalue weighted by molar-refractivity contribution is 7.11. The first-order valence-corrected chi connectivity index (χ1v) is 7.03. The highest BCUT2D eigenvalue weighted by atomic mass is 32.1. The molecule has 0 bridgehead atoms. The van der Waals surface area contributed by atoms with Crippen LogP contribution in [0.5, 0.6) is 0 Å². The highest BCUT2D eigenvalue weighted by Gasteiger charge is 2.10. The number of aromatic nitrogens is 1. The minimum Gasteiger partial charge on any atom is -0.246 e. The second kappa shape index (κ2) is 6.32. The molecule has 18 heavy (non-hydrogen) atoms. The zero-order valence-corrected chi connectivity index (χ0v) is 11.3. The smallest absolute Gasteiger partial charge is 0.0975 e. The average molecular weight is 256 g/mol. The molecule has 1 aromatic carbocycles. The summed E-state index contributed by atoms with van der Waals surface area (Å²) in [6.07, 6.45) is 3.41. The summed E-state index contributed by atoms with van der Waals surface area (Å²) in [6, 6.07) is 12.6. The van der Waals surface area contributed by atoms with Gasteiger partial charge in [-0.1, -0.05) is 43.7 Å². The first-order valence-electron chi connectivity index (χ1n) is 6.21. The predicted octanol–water partition coefficient (Wildman–Crippen LogP) is 3.75. The molecule has 0 aliphatic heterocycles. The van der Waals surface area contributed by atoms with Gasteiger partial charge in [-0.2, -0.15) is 5.26 Å².